The molecule has 0 aliphatic rings. The molecule has 0 fully saturated rings. The van der Waals surface area contributed by atoms with Crippen molar-refractivity contribution in [1.82, 2.24) is 4.98 Å². The van der Waals surface area contributed by atoms with E-state index >= 15 is 0 Å². The average Bonchev–Trinajstić information content (AvgIpc) is 2.22. The van der Waals surface area contributed by atoms with Crippen molar-refractivity contribution in [2.75, 3.05) is 5.73 Å². The molecule has 5 heteroatoms. The van der Waals surface area contributed by atoms with E-state index in [9.17, 15) is 0 Å². The van der Waals surface area contributed by atoms with Crippen molar-refractivity contribution < 1.29 is 4.74 Å². The first-order valence-corrected chi connectivity index (χ1v) is 6.37. The van der Waals surface area contributed by atoms with E-state index in [1.54, 1.807) is 12.3 Å². The van der Waals surface area contributed by atoms with E-state index in [2.05, 4.69) is 43.5 Å². The second kappa shape index (κ2) is 5.01. The monoisotopic (exact) mass is 390 g/mol. The summed E-state index contributed by atoms with van der Waals surface area (Å²) in [6.45, 7) is 0. The van der Waals surface area contributed by atoms with Crippen LogP contribution >= 0.6 is 38.5 Å². The second-order valence-corrected chi connectivity index (χ2v) is 5.27. The van der Waals surface area contributed by atoms with Crippen LogP contribution in [0.25, 0.3) is 0 Å². The maximum Gasteiger partial charge on any atom is 0.242 e. The number of aromatic nitrogens is 1. The first-order valence-electron chi connectivity index (χ1n) is 4.49. The summed E-state index contributed by atoms with van der Waals surface area (Å²) in [5.41, 5.74) is 6.30. The molecule has 2 N–H and O–H groups in total. The fourth-order valence-corrected chi connectivity index (χ4v) is 2.03. The van der Waals surface area contributed by atoms with E-state index < -0.39 is 0 Å². The van der Waals surface area contributed by atoms with Gasteiger partial charge >= 0.3 is 0 Å². The Bertz CT molecular complexity index is 519. The Hall–Kier alpha value is -0.820. The Morgan fingerprint density at radius 3 is 2.81 bits per heavy atom. The molecule has 16 heavy (non-hydrogen) atoms. The quantitative estimate of drug-likeness (QED) is 0.793. The molecule has 1 heterocycles. The molecular weight excluding hydrogens is 383 g/mol. The Morgan fingerprint density at radius 1 is 1.31 bits per heavy atom. The van der Waals surface area contributed by atoms with Crippen molar-refractivity contribution in [1.29, 1.82) is 0 Å². The molecule has 0 aliphatic carbocycles. The number of pyridine rings is 1. The molecule has 0 spiro atoms. The molecule has 3 nitrogen and oxygen atoms in total. The van der Waals surface area contributed by atoms with Gasteiger partial charge in [0.15, 0.2) is 0 Å². The summed E-state index contributed by atoms with van der Waals surface area (Å²) >= 11 is 5.52. The van der Waals surface area contributed by atoms with Crippen LogP contribution in [0, 0.1) is 3.57 Å². The lowest BCUT2D eigenvalue weighted by Crippen LogP contribution is -1.94. The highest BCUT2D eigenvalue weighted by Crippen LogP contribution is 2.27. The van der Waals surface area contributed by atoms with Crippen LogP contribution in [-0.4, -0.2) is 4.98 Å². The van der Waals surface area contributed by atoms with Gasteiger partial charge in [-0.3, -0.25) is 0 Å². The van der Waals surface area contributed by atoms with Gasteiger partial charge in [-0.05, 0) is 62.8 Å². The van der Waals surface area contributed by atoms with E-state index in [4.69, 9.17) is 10.5 Å². The first-order chi connectivity index (χ1) is 7.65. The number of nitrogens with zero attached hydrogens (tertiary/aromatic N) is 1. The Labute approximate surface area is 115 Å². The number of nitrogens with two attached hydrogens (primary N) is 1. The van der Waals surface area contributed by atoms with Crippen molar-refractivity contribution in [2.24, 2.45) is 0 Å². The largest absolute Gasteiger partial charge is 0.437 e. The van der Waals surface area contributed by atoms with Gasteiger partial charge in [0.2, 0.25) is 5.88 Å². The SMILES string of the molecule is Nc1cc(Br)cnc1Oc1cccc(I)c1. The molecule has 0 bridgehead atoms. The van der Waals surface area contributed by atoms with Crippen LogP contribution in [0.1, 0.15) is 0 Å². The lowest BCUT2D eigenvalue weighted by molar-refractivity contribution is 0.465. The number of benzene rings is 1. The summed E-state index contributed by atoms with van der Waals surface area (Å²) in [5.74, 6) is 1.15. The van der Waals surface area contributed by atoms with Crippen molar-refractivity contribution >= 4 is 44.2 Å². The van der Waals surface area contributed by atoms with Gasteiger partial charge in [0.25, 0.3) is 0 Å². The molecule has 0 atom stereocenters. The number of rotatable bonds is 2. The van der Waals surface area contributed by atoms with Gasteiger partial charge in [-0.15, -0.1) is 0 Å². The molecule has 0 saturated heterocycles. The smallest absolute Gasteiger partial charge is 0.242 e. The summed E-state index contributed by atoms with van der Waals surface area (Å²) in [7, 11) is 0. The third-order valence-corrected chi connectivity index (χ3v) is 2.96. The van der Waals surface area contributed by atoms with Crippen LogP contribution in [-0.2, 0) is 0 Å². The molecule has 2 rings (SSSR count). The third kappa shape index (κ3) is 2.85. The summed E-state index contributed by atoms with van der Waals surface area (Å²) in [6.07, 6.45) is 1.65. The lowest BCUT2D eigenvalue weighted by Gasteiger charge is -2.07. The van der Waals surface area contributed by atoms with Gasteiger partial charge in [-0.1, -0.05) is 6.07 Å². The van der Waals surface area contributed by atoms with E-state index in [-0.39, 0.29) is 0 Å². The number of hydrogen-bond acceptors (Lipinski definition) is 3. The van der Waals surface area contributed by atoms with Gasteiger partial charge in [-0.25, -0.2) is 4.98 Å². The summed E-state index contributed by atoms with van der Waals surface area (Å²) in [6, 6.07) is 9.46. The molecule has 0 radical (unpaired) electrons. The minimum Gasteiger partial charge on any atom is -0.437 e. The zero-order chi connectivity index (χ0) is 11.5. The van der Waals surface area contributed by atoms with Crippen LogP contribution in [0.4, 0.5) is 5.69 Å². The summed E-state index contributed by atoms with van der Waals surface area (Å²) in [4.78, 5) is 4.11. The summed E-state index contributed by atoms with van der Waals surface area (Å²) < 4.78 is 7.52. The fraction of sp³-hybridized carbons (Fsp3) is 0. The maximum atomic E-state index is 5.79. The molecule has 82 valence electrons. The van der Waals surface area contributed by atoms with Crippen LogP contribution in [0.15, 0.2) is 41.0 Å². The van der Waals surface area contributed by atoms with Crippen LogP contribution < -0.4 is 10.5 Å². The second-order valence-electron chi connectivity index (χ2n) is 3.11. The zero-order valence-corrected chi connectivity index (χ0v) is 11.9. The minimum atomic E-state index is 0.421. The van der Waals surface area contributed by atoms with E-state index in [0.717, 1.165) is 13.8 Å². The van der Waals surface area contributed by atoms with Crippen molar-refractivity contribution in [2.45, 2.75) is 0 Å². The summed E-state index contributed by atoms with van der Waals surface area (Å²) in [5, 5.41) is 0. The molecule has 0 unspecified atom stereocenters. The van der Waals surface area contributed by atoms with Crippen LogP contribution in [0.3, 0.4) is 0 Å². The third-order valence-electron chi connectivity index (χ3n) is 1.86. The molecular formula is C11H8BrIN2O. The van der Waals surface area contributed by atoms with Gasteiger partial charge < -0.3 is 10.5 Å². The number of nitrogen functional groups attached to an aromatic ring is 1. The number of anilines is 1. The highest BCUT2D eigenvalue weighted by molar-refractivity contribution is 14.1. The van der Waals surface area contributed by atoms with E-state index in [1.807, 2.05) is 24.3 Å². The highest BCUT2D eigenvalue weighted by Gasteiger charge is 2.04. The zero-order valence-electron chi connectivity index (χ0n) is 8.15. The predicted molar refractivity (Wildman–Crippen MR) is 75.6 cm³/mol. The number of ether oxygens (including phenoxy) is 1. The molecule has 1 aromatic heterocycles. The Balaban J connectivity index is 2.27. The predicted octanol–water partition coefficient (Wildman–Crippen LogP) is 3.82. The van der Waals surface area contributed by atoms with Crippen molar-refractivity contribution in [3.8, 4) is 11.6 Å². The Kier molecular flexibility index (Phi) is 3.65. The van der Waals surface area contributed by atoms with Gasteiger partial charge in [0.1, 0.15) is 5.75 Å². The standard InChI is InChI=1S/C11H8BrIN2O/c12-7-4-10(14)11(15-6-7)16-9-3-1-2-8(13)5-9/h1-6H,14H2. The lowest BCUT2D eigenvalue weighted by atomic mass is 10.3. The van der Waals surface area contributed by atoms with Gasteiger partial charge in [-0.2, -0.15) is 0 Å². The molecule has 1 aromatic carbocycles. The maximum absolute atomic E-state index is 5.79. The van der Waals surface area contributed by atoms with E-state index in [0.29, 0.717) is 11.6 Å². The highest BCUT2D eigenvalue weighted by atomic mass is 127. The molecule has 2 aromatic rings. The topological polar surface area (TPSA) is 48.1 Å². The Morgan fingerprint density at radius 2 is 2.12 bits per heavy atom. The van der Waals surface area contributed by atoms with Crippen LogP contribution in [0.2, 0.25) is 0 Å². The van der Waals surface area contributed by atoms with Crippen LogP contribution in [0.5, 0.6) is 11.6 Å². The van der Waals surface area contributed by atoms with Gasteiger partial charge in [0, 0.05) is 14.2 Å². The van der Waals surface area contributed by atoms with Crippen molar-refractivity contribution in [3.63, 3.8) is 0 Å². The van der Waals surface area contributed by atoms with Crippen molar-refractivity contribution in [3.05, 3.63) is 44.6 Å². The molecule has 0 saturated carbocycles. The number of hydrogen-bond donors (Lipinski definition) is 1. The van der Waals surface area contributed by atoms with E-state index in [1.165, 1.54) is 0 Å². The average molecular weight is 391 g/mol. The molecule has 0 amide bonds. The van der Waals surface area contributed by atoms with Gasteiger partial charge in [0.05, 0.1) is 5.69 Å². The fourth-order valence-electron chi connectivity index (χ4n) is 1.17. The first kappa shape index (κ1) is 11.7. The normalized spacial score (nSPS) is 10.1. The molecule has 0 aliphatic heterocycles. The minimum absolute atomic E-state index is 0.421. The number of halogens is 2.